The molecule has 2 aliphatic rings. The van der Waals surface area contributed by atoms with Crippen LogP contribution in [0.25, 0.3) is 0 Å². The maximum atomic E-state index is 12.5. The number of nitrogens with zero attached hydrogens (tertiary/aromatic N) is 1. The van der Waals surface area contributed by atoms with Gasteiger partial charge >= 0.3 is 0 Å². The van der Waals surface area contributed by atoms with Crippen LogP contribution in [0.1, 0.15) is 36.0 Å². The van der Waals surface area contributed by atoms with Gasteiger partial charge in [0, 0.05) is 31.2 Å². The Morgan fingerprint density at radius 1 is 1.10 bits per heavy atom. The highest BCUT2D eigenvalue weighted by Gasteiger charge is 2.33. The third-order valence-electron chi connectivity index (χ3n) is 4.37. The number of hydrogen-bond acceptors (Lipinski definition) is 3. The average Bonchev–Trinajstić information content (AvgIpc) is 3.09. The molecule has 0 saturated carbocycles. The lowest BCUT2D eigenvalue weighted by Gasteiger charge is -2.33. The van der Waals surface area contributed by atoms with Crippen molar-refractivity contribution in [1.29, 1.82) is 0 Å². The molecular weight excluding hydrogens is 266 g/mol. The molecule has 4 heteroatoms. The van der Waals surface area contributed by atoms with Gasteiger partial charge in [0.25, 0.3) is 5.91 Å². The van der Waals surface area contributed by atoms with Crippen LogP contribution in [0.3, 0.4) is 0 Å². The van der Waals surface area contributed by atoms with Crippen LogP contribution in [0.5, 0.6) is 0 Å². The number of benzene rings is 1. The van der Waals surface area contributed by atoms with Crippen molar-refractivity contribution in [3.05, 3.63) is 35.9 Å². The first-order valence-corrected chi connectivity index (χ1v) is 7.75. The number of hydrogen-bond donors (Lipinski definition) is 0. The van der Waals surface area contributed by atoms with Gasteiger partial charge in [0.15, 0.2) is 5.78 Å². The van der Waals surface area contributed by atoms with Gasteiger partial charge in [0.1, 0.15) is 6.10 Å². The second-order valence-electron chi connectivity index (χ2n) is 5.86. The molecule has 0 aromatic heterocycles. The number of amides is 1. The Balaban J connectivity index is 1.65. The average molecular weight is 287 g/mol. The zero-order valence-corrected chi connectivity index (χ0v) is 12.2. The lowest BCUT2D eigenvalue weighted by molar-refractivity contribution is -0.142. The number of carbonyl (C=O) groups excluding carboxylic acids is 2. The molecule has 1 aromatic rings. The number of ether oxygens (including phenoxy) is 1. The molecule has 2 unspecified atom stereocenters. The summed E-state index contributed by atoms with van der Waals surface area (Å²) < 4.78 is 5.47. The van der Waals surface area contributed by atoms with E-state index in [1.165, 1.54) is 0 Å². The summed E-state index contributed by atoms with van der Waals surface area (Å²) in [4.78, 5) is 26.7. The maximum absolute atomic E-state index is 12.5. The molecule has 1 aromatic carbocycles. The maximum Gasteiger partial charge on any atom is 0.251 e. The van der Waals surface area contributed by atoms with Gasteiger partial charge in [-0.25, -0.2) is 0 Å². The summed E-state index contributed by atoms with van der Waals surface area (Å²) in [6, 6.07) is 9.37. The molecule has 2 fully saturated rings. The third kappa shape index (κ3) is 3.16. The molecule has 0 radical (unpaired) electrons. The molecule has 2 aliphatic heterocycles. The monoisotopic (exact) mass is 287 g/mol. The Kier molecular flexibility index (Phi) is 4.34. The van der Waals surface area contributed by atoms with E-state index in [0.717, 1.165) is 37.8 Å². The number of ketones is 1. The highest BCUT2D eigenvalue weighted by molar-refractivity contribution is 5.98. The van der Waals surface area contributed by atoms with E-state index in [1.54, 1.807) is 0 Å². The molecule has 0 N–H and O–H groups in total. The number of rotatable bonds is 3. The summed E-state index contributed by atoms with van der Waals surface area (Å²) >= 11 is 0. The van der Waals surface area contributed by atoms with Crippen LogP contribution < -0.4 is 0 Å². The standard InChI is InChI=1S/C17H21NO3/c19-16(13-6-2-1-3-7-13)14-8-4-10-18(12-14)17(20)15-9-5-11-21-15/h1-3,6-7,14-15H,4-5,8-12H2. The molecule has 2 heterocycles. The van der Waals surface area contributed by atoms with Crippen molar-refractivity contribution in [1.82, 2.24) is 4.90 Å². The zero-order chi connectivity index (χ0) is 14.7. The molecule has 112 valence electrons. The van der Waals surface area contributed by atoms with Gasteiger partial charge < -0.3 is 9.64 Å². The van der Waals surface area contributed by atoms with Crippen molar-refractivity contribution in [2.45, 2.75) is 31.8 Å². The van der Waals surface area contributed by atoms with E-state index >= 15 is 0 Å². The minimum absolute atomic E-state index is 0.0676. The van der Waals surface area contributed by atoms with Gasteiger partial charge in [0.05, 0.1) is 0 Å². The summed E-state index contributed by atoms with van der Waals surface area (Å²) in [7, 11) is 0. The number of carbonyl (C=O) groups is 2. The first-order chi connectivity index (χ1) is 10.3. The molecule has 3 rings (SSSR count). The smallest absolute Gasteiger partial charge is 0.251 e. The van der Waals surface area contributed by atoms with Crippen LogP contribution >= 0.6 is 0 Å². The first kappa shape index (κ1) is 14.3. The second-order valence-corrected chi connectivity index (χ2v) is 5.86. The van der Waals surface area contributed by atoms with E-state index in [0.29, 0.717) is 13.2 Å². The fraction of sp³-hybridized carbons (Fsp3) is 0.529. The number of piperidine rings is 1. The van der Waals surface area contributed by atoms with Gasteiger partial charge in [-0.2, -0.15) is 0 Å². The van der Waals surface area contributed by atoms with Crippen LogP contribution in [0.2, 0.25) is 0 Å². The topological polar surface area (TPSA) is 46.6 Å². The van der Waals surface area contributed by atoms with Crippen molar-refractivity contribution < 1.29 is 14.3 Å². The van der Waals surface area contributed by atoms with E-state index in [1.807, 2.05) is 35.2 Å². The van der Waals surface area contributed by atoms with Gasteiger partial charge in [-0.05, 0) is 25.7 Å². The molecule has 21 heavy (non-hydrogen) atoms. The van der Waals surface area contributed by atoms with E-state index in [9.17, 15) is 9.59 Å². The second kappa shape index (κ2) is 6.39. The lowest BCUT2D eigenvalue weighted by Crippen LogP contribution is -2.46. The lowest BCUT2D eigenvalue weighted by atomic mass is 9.89. The molecule has 4 nitrogen and oxygen atoms in total. The van der Waals surface area contributed by atoms with Crippen molar-refractivity contribution in [3.63, 3.8) is 0 Å². The van der Waals surface area contributed by atoms with E-state index in [4.69, 9.17) is 4.74 Å². The van der Waals surface area contributed by atoms with E-state index in [-0.39, 0.29) is 23.7 Å². The predicted octanol–water partition coefficient (Wildman–Crippen LogP) is 2.29. The van der Waals surface area contributed by atoms with Crippen LogP contribution in [0.15, 0.2) is 30.3 Å². The normalized spacial score (nSPS) is 25.8. The Hall–Kier alpha value is -1.68. The summed E-state index contributed by atoms with van der Waals surface area (Å²) in [5, 5.41) is 0. The summed E-state index contributed by atoms with van der Waals surface area (Å²) in [6.45, 7) is 1.96. The van der Waals surface area contributed by atoms with Crippen LogP contribution in [0, 0.1) is 5.92 Å². The molecular formula is C17H21NO3. The fourth-order valence-corrected chi connectivity index (χ4v) is 3.21. The fourth-order valence-electron chi connectivity index (χ4n) is 3.21. The highest BCUT2D eigenvalue weighted by Crippen LogP contribution is 2.23. The predicted molar refractivity (Wildman–Crippen MR) is 79.1 cm³/mol. The van der Waals surface area contributed by atoms with Crippen molar-refractivity contribution in [3.8, 4) is 0 Å². The summed E-state index contributed by atoms with van der Waals surface area (Å²) in [5.41, 5.74) is 0.744. The zero-order valence-electron chi connectivity index (χ0n) is 12.2. The summed E-state index contributed by atoms with van der Waals surface area (Å²) in [6.07, 6.45) is 3.24. The van der Waals surface area contributed by atoms with Crippen LogP contribution in [-0.2, 0) is 9.53 Å². The Morgan fingerprint density at radius 2 is 1.90 bits per heavy atom. The molecule has 2 saturated heterocycles. The Bertz CT molecular complexity index is 508. The quantitative estimate of drug-likeness (QED) is 0.801. The Morgan fingerprint density at radius 3 is 2.62 bits per heavy atom. The number of likely N-dealkylation sites (tertiary alicyclic amines) is 1. The van der Waals surface area contributed by atoms with Gasteiger partial charge in [-0.15, -0.1) is 0 Å². The first-order valence-electron chi connectivity index (χ1n) is 7.75. The molecule has 0 spiro atoms. The van der Waals surface area contributed by atoms with Crippen molar-refractivity contribution in [2.24, 2.45) is 5.92 Å². The minimum Gasteiger partial charge on any atom is -0.368 e. The van der Waals surface area contributed by atoms with E-state index < -0.39 is 0 Å². The minimum atomic E-state index is -0.282. The SMILES string of the molecule is O=C(c1ccccc1)C1CCCN(C(=O)C2CCCO2)C1. The van der Waals surface area contributed by atoms with Crippen LogP contribution in [0.4, 0.5) is 0 Å². The van der Waals surface area contributed by atoms with Gasteiger partial charge in [-0.3, -0.25) is 9.59 Å². The third-order valence-corrected chi connectivity index (χ3v) is 4.37. The van der Waals surface area contributed by atoms with E-state index in [2.05, 4.69) is 0 Å². The molecule has 0 aliphatic carbocycles. The molecule has 1 amide bonds. The van der Waals surface area contributed by atoms with Gasteiger partial charge in [0.2, 0.25) is 0 Å². The van der Waals surface area contributed by atoms with Crippen LogP contribution in [-0.4, -0.2) is 42.4 Å². The molecule has 0 bridgehead atoms. The largest absolute Gasteiger partial charge is 0.368 e. The summed E-state index contributed by atoms with van der Waals surface area (Å²) in [5.74, 6) is 0.144. The highest BCUT2D eigenvalue weighted by atomic mass is 16.5. The Labute approximate surface area is 125 Å². The molecule has 2 atom stereocenters. The number of Topliss-reactive ketones (excluding diaryl/α,β-unsaturated/α-hetero) is 1. The van der Waals surface area contributed by atoms with Crippen molar-refractivity contribution in [2.75, 3.05) is 19.7 Å². The van der Waals surface area contributed by atoms with Crippen molar-refractivity contribution >= 4 is 11.7 Å². The van der Waals surface area contributed by atoms with Gasteiger partial charge in [-0.1, -0.05) is 30.3 Å².